The lowest BCUT2D eigenvalue weighted by Crippen LogP contribution is -2.49. The number of nitrogens with zero attached hydrogens (tertiary/aromatic N) is 2. The molecule has 2 aliphatic heterocycles. The topological polar surface area (TPSA) is 54.5 Å². The van der Waals surface area contributed by atoms with Crippen LogP contribution in [0.2, 0.25) is 0 Å². The number of amides is 1. The maximum absolute atomic E-state index is 12.4. The molecule has 0 bridgehead atoms. The minimum atomic E-state index is -0.251. The lowest BCUT2D eigenvalue weighted by Gasteiger charge is -2.43. The summed E-state index contributed by atoms with van der Waals surface area (Å²) < 4.78 is 6.12. The number of piperidine rings is 1. The minimum absolute atomic E-state index is 0.0636. The number of nitrogens with one attached hydrogen (secondary N) is 1. The number of carbonyl (C=O) groups excluding carboxylic acids is 1. The number of likely N-dealkylation sites (tertiary alicyclic amines) is 1. The van der Waals surface area contributed by atoms with E-state index >= 15 is 0 Å². The van der Waals surface area contributed by atoms with E-state index in [1.807, 2.05) is 12.1 Å². The fraction of sp³-hybridized carbons (Fsp3) is 0.684. The Kier molecular flexibility index (Phi) is 4.81. The van der Waals surface area contributed by atoms with E-state index in [-0.39, 0.29) is 18.1 Å². The lowest BCUT2D eigenvalue weighted by molar-refractivity contribution is -0.133. The van der Waals surface area contributed by atoms with E-state index in [1.165, 1.54) is 37.8 Å². The zero-order valence-electron chi connectivity index (χ0n) is 14.2. The van der Waals surface area contributed by atoms with Gasteiger partial charge in [0.1, 0.15) is 6.10 Å². The summed E-state index contributed by atoms with van der Waals surface area (Å²) in [6.45, 7) is 2.87. The SMILES string of the molecule is O=C(NCCc1ccncc1)[C@@H]1C[C@@H]2CCN(C3CCC3)C[C@@H]2O1. The zero-order valence-corrected chi connectivity index (χ0v) is 14.2. The Balaban J connectivity index is 1.23. The molecule has 3 fully saturated rings. The number of pyridine rings is 1. The van der Waals surface area contributed by atoms with E-state index in [0.29, 0.717) is 12.5 Å². The molecular weight excluding hydrogens is 302 g/mol. The first-order valence-electron chi connectivity index (χ1n) is 9.36. The van der Waals surface area contributed by atoms with Gasteiger partial charge in [0.15, 0.2) is 0 Å². The van der Waals surface area contributed by atoms with Crippen molar-refractivity contribution >= 4 is 5.91 Å². The largest absolute Gasteiger partial charge is 0.364 e. The standard InChI is InChI=1S/C19H27N3O2/c23-19(21-10-6-14-4-8-20-9-5-14)17-12-15-7-11-22(13-18(15)24-17)16-2-1-3-16/h4-5,8-9,15-18H,1-3,6-7,10-13H2,(H,21,23)/t15-,17-,18-/m0/s1. The molecular formula is C19H27N3O2. The predicted octanol–water partition coefficient (Wildman–Crippen LogP) is 1.77. The Hall–Kier alpha value is -1.46. The van der Waals surface area contributed by atoms with Crippen LogP contribution in [0.15, 0.2) is 24.5 Å². The van der Waals surface area contributed by atoms with Gasteiger partial charge in [-0.2, -0.15) is 0 Å². The maximum atomic E-state index is 12.4. The highest BCUT2D eigenvalue weighted by molar-refractivity contribution is 5.81. The monoisotopic (exact) mass is 329 g/mol. The Bertz CT molecular complexity index is 561. The van der Waals surface area contributed by atoms with Gasteiger partial charge in [-0.1, -0.05) is 6.42 Å². The van der Waals surface area contributed by atoms with Gasteiger partial charge in [-0.05, 0) is 62.3 Å². The Morgan fingerprint density at radius 1 is 1.29 bits per heavy atom. The second kappa shape index (κ2) is 7.19. The van der Waals surface area contributed by atoms with Crippen molar-refractivity contribution < 1.29 is 9.53 Å². The van der Waals surface area contributed by atoms with Gasteiger partial charge in [0.05, 0.1) is 6.10 Å². The fourth-order valence-electron chi connectivity index (χ4n) is 4.20. The first-order chi connectivity index (χ1) is 11.8. The molecule has 3 atom stereocenters. The number of rotatable bonds is 5. The molecule has 0 spiro atoms. The number of aromatic nitrogens is 1. The van der Waals surface area contributed by atoms with Crippen molar-refractivity contribution in [2.24, 2.45) is 5.92 Å². The van der Waals surface area contributed by atoms with Gasteiger partial charge in [-0.25, -0.2) is 0 Å². The molecule has 0 radical (unpaired) electrons. The van der Waals surface area contributed by atoms with Gasteiger partial charge in [0.2, 0.25) is 5.91 Å². The van der Waals surface area contributed by atoms with Gasteiger partial charge in [0.25, 0.3) is 0 Å². The third-order valence-corrected chi connectivity index (χ3v) is 5.93. The van der Waals surface area contributed by atoms with Crippen LogP contribution in [-0.4, -0.2) is 53.7 Å². The Morgan fingerprint density at radius 3 is 2.88 bits per heavy atom. The third kappa shape index (κ3) is 3.47. The molecule has 5 nitrogen and oxygen atoms in total. The van der Waals surface area contributed by atoms with Crippen LogP contribution < -0.4 is 5.32 Å². The first kappa shape index (κ1) is 16.0. The molecule has 3 aliphatic rings. The maximum Gasteiger partial charge on any atom is 0.249 e. The van der Waals surface area contributed by atoms with Crippen LogP contribution in [0, 0.1) is 5.92 Å². The molecule has 24 heavy (non-hydrogen) atoms. The highest BCUT2D eigenvalue weighted by Gasteiger charge is 2.43. The molecule has 2 saturated heterocycles. The van der Waals surface area contributed by atoms with Crippen LogP contribution in [0.5, 0.6) is 0 Å². The van der Waals surface area contributed by atoms with Crippen molar-refractivity contribution in [3.05, 3.63) is 30.1 Å². The molecule has 1 aliphatic carbocycles. The van der Waals surface area contributed by atoms with Crippen LogP contribution in [0.3, 0.4) is 0 Å². The number of carbonyl (C=O) groups is 1. The molecule has 1 aromatic heterocycles. The van der Waals surface area contributed by atoms with Crippen LogP contribution >= 0.6 is 0 Å². The highest BCUT2D eigenvalue weighted by atomic mass is 16.5. The summed E-state index contributed by atoms with van der Waals surface area (Å²) in [6.07, 6.45) is 10.6. The van der Waals surface area contributed by atoms with Crippen LogP contribution in [0.25, 0.3) is 0 Å². The summed E-state index contributed by atoms with van der Waals surface area (Å²) in [4.78, 5) is 19.0. The second-order valence-electron chi connectivity index (χ2n) is 7.42. The van der Waals surface area contributed by atoms with Crippen molar-refractivity contribution in [1.29, 1.82) is 0 Å². The molecule has 1 amide bonds. The molecule has 1 aromatic rings. The van der Waals surface area contributed by atoms with Crippen molar-refractivity contribution in [2.45, 2.75) is 56.8 Å². The molecule has 5 heteroatoms. The Labute approximate surface area is 143 Å². The number of hydrogen-bond acceptors (Lipinski definition) is 4. The number of ether oxygens (including phenoxy) is 1. The number of hydrogen-bond donors (Lipinski definition) is 1. The molecule has 1 N–H and O–H groups in total. The van der Waals surface area contributed by atoms with Gasteiger partial charge < -0.3 is 10.1 Å². The molecule has 1 saturated carbocycles. The summed E-state index contributed by atoms with van der Waals surface area (Å²) in [5, 5.41) is 3.04. The summed E-state index contributed by atoms with van der Waals surface area (Å²) >= 11 is 0. The van der Waals surface area contributed by atoms with Crippen LogP contribution in [0.1, 0.15) is 37.7 Å². The van der Waals surface area contributed by atoms with E-state index in [2.05, 4.69) is 15.2 Å². The average molecular weight is 329 g/mol. The molecule has 4 rings (SSSR count). The summed E-state index contributed by atoms with van der Waals surface area (Å²) in [6, 6.07) is 4.76. The fourth-order valence-corrected chi connectivity index (χ4v) is 4.20. The van der Waals surface area contributed by atoms with Crippen molar-refractivity contribution in [2.75, 3.05) is 19.6 Å². The first-order valence-corrected chi connectivity index (χ1v) is 9.36. The van der Waals surface area contributed by atoms with Gasteiger partial charge in [0, 0.05) is 31.5 Å². The van der Waals surface area contributed by atoms with Gasteiger partial charge in [-0.3, -0.25) is 14.7 Å². The molecule has 130 valence electrons. The van der Waals surface area contributed by atoms with E-state index in [9.17, 15) is 4.79 Å². The second-order valence-corrected chi connectivity index (χ2v) is 7.42. The van der Waals surface area contributed by atoms with E-state index in [0.717, 1.165) is 25.4 Å². The van der Waals surface area contributed by atoms with Crippen molar-refractivity contribution in [3.8, 4) is 0 Å². The quantitative estimate of drug-likeness (QED) is 0.894. The van der Waals surface area contributed by atoms with Crippen molar-refractivity contribution in [1.82, 2.24) is 15.2 Å². The molecule has 0 aromatic carbocycles. The molecule has 3 heterocycles. The van der Waals surface area contributed by atoms with E-state index < -0.39 is 0 Å². The third-order valence-electron chi connectivity index (χ3n) is 5.93. The zero-order chi connectivity index (χ0) is 16.4. The minimum Gasteiger partial charge on any atom is -0.364 e. The van der Waals surface area contributed by atoms with Gasteiger partial charge in [-0.15, -0.1) is 0 Å². The van der Waals surface area contributed by atoms with Crippen LogP contribution in [0.4, 0.5) is 0 Å². The van der Waals surface area contributed by atoms with Crippen LogP contribution in [-0.2, 0) is 16.0 Å². The summed E-state index contributed by atoms with van der Waals surface area (Å²) in [7, 11) is 0. The summed E-state index contributed by atoms with van der Waals surface area (Å²) in [5.41, 5.74) is 1.20. The lowest BCUT2D eigenvalue weighted by atomic mass is 9.86. The van der Waals surface area contributed by atoms with E-state index in [1.54, 1.807) is 12.4 Å². The van der Waals surface area contributed by atoms with Gasteiger partial charge >= 0.3 is 0 Å². The predicted molar refractivity (Wildman–Crippen MR) is 91.5 cm³/mol. The normalized spacial score (nSPS) is 30.6. The molecule has 0 unspecified atom stereocenters. The van der Waals surface area contributed by atoms with Crippen molar-refractivity contribution in [3.63, 3.8) is 0 Å². The Morgan fingerprint density at radius 2 is 2.12 bits per heavy atom. The number of fused-ring (bicyclic) bond motifs is 1. The highest BCUT2D eigenvalue weighted by Crippen LogP contribution is 2.36. The van der Waals surface area contributed by atoms with E-state index in [4.69, 9.17) is 4.74 Å². The smallest absolute Gasteiger partial charge is 0.249 e. The average Bonchev–Trinajstić information content (AvgIpc) is 2.98. The summed E-state index contributed by atoms with van der Waals surface area (Å²) in [5.74, 6) is 0.630.